The number of fused-ring (bicyclic) bond motifs is 1. The largest absolute Gasteiger partial charge is 0.507 e. The fraction of sp³-hybridized carbons (Fsp3) is 0.188. The zero-order valence-electron chi connectivity index (χ0n) is 11.3. The number of rotatable bonds is 1. The van der Waals surface area contributed by atoms with Crippen molar-refractivity contribution in [3.05, 3.63) is 57.6 Å². The van der Waals surface area contributed by atoms with Crippen LogP contribution in [-0.4, -0.2) is 22.5 Å². The van der Waals surface area contributed by atoms with E-state index >= 15 is 0 Å². The van der Waals surface area contributed by atoms with E-state index in [2.05, 4.69) is 15.9 Å². The predicted octanol–water partition coefficient (Wildman–Crippen LogP) is 2.94. The lowest BCUT2D eigenvalue weighted by Gasteiger charge is -2.29. The normalized spacial score (nSPS) is 13.9. The molecule has 0 unspecified atom stereocenters. The van der Waals surface area contributed by atoms with Gasteiger partial charge in [0.1, 0.15) is 5.75 Å². The molecular formula is C16H15BrN2O2. The Kier molecular flexibility index (Phi) is 3.59. The van der Waals surface area contributed by atoms with Crippen LogP contribution >= 0.6 is 15.9 Å². The minimum Gasteiger partial charge on any atom is -0.507 e. The molecule has 4 nitrogen and oxygen atoms in total. The third-order valence-electron chi connectivity index (χ3n) is 3.78. The molecule has 1 aliphatic rings. The predicted molar refractivity (Wildman–Crippen MR) is 85.1 cm³/mol. The molecule has 0 aliphatic carbocycles. The van der Waals surface area contributed by atoms with Crippen molar-refractivity contribution >= 4 is 27.5 Å². The maximum Gasteiger partial charge on any atom is 0.254 e. The summed E-state index contributed by atoms with van der Waals surface area (Å²) in [6.07, 6.45) is 0.760. The van der Waals surface area contributed by atoms with Crippen molar-refractivity contribution in [2.45, 2.75) is 13.0 Å². The maximum atomic E-state index is 12.5. The average Bonchev–Trinajstić information content (AvgIpc) is 2.49. The number of carbonyl (C=O) groups is 1. The lowest BCUT2D eigenvalue weighted by Crippen LogP contribution is -2.36. The number of carbonyl (C=O) groups excluding carboxylic acids is 1. The number of phenolic OH excluding ortho intramolecular Hbond substituents is 1. The summed E-state index contributed by atoms with van der Waals surface area (Å²) in [4.78, 5) is 14.3. The molecule has 1 amide bonds. The van der Waals surface area contributed by atoms with Gasteiger partial charge in [-0.25, -0.2) is 0 Å². The fourth-order valence-corrected chi connectivity index (χ4v) is 2.89. The first-order valence-corrected chi connectivity index (χ1v) is 7.49. The summed E-state index contributed by atoms with van der Waals surface area (Å²) in [5.41, 5.74) is 9.48. The number of aromatic hydroxyl groups is 1. The van der Waals surface area contributed by atoms with Gasteiger partial charge in [-0.3, -0.25) is 4.79 Å². The zero-order valence-corrected chi connectivity index (χ0v) is 12.9. The molecule has 1 aliphatic heterocycles. The number of amides is 1. The molecule has 0 spiro atoms. The summed E-state index contributed by atoms with van der Waals surface area (Å²) in [5, 5.41) is 9.71. The zero-order chi connectivity index (χ0) is 15.0. The standard InChI is InChI=1S/C16H15BrN2O2/c17-13-5-4-10(8-15(13)20)16(21)19-7-6-12-11(9-19)2-1-3-14(12)18/h1-5,8,20H,6-7,9,18H2. The van der Waals surface area contributed by atoms with Crippen LogP contribution in [0, 0.1) is 0 Å². The van der Waals surface area contributed by atoms with Gasteiger partial charge in [0.15, 0.2) is 0 Å². The van der Waals surface area contributed by atoms with Gasteiger partial charge in [0.05, 0.1) is 4.47 Å². The van der Waals surface area contributed by atoms with E-state index in [4.69, 9.17) is 5.73 Å². The van der Waals surface area contributed by atoms with Gasteiger partial charge in [0, 0.05) is 24.3 Å². The third kappa shape index (κ3) is 2.61. The summed E-state index contributed by atoms with van der Waals surface area (Å²) in [5.74, 6) is -0.00613. The topological polar surface area (TPSA) is 66.6 Å². The van der Waals surface area contributed by atoms with Crippen LogP contribution in [0.5, 0.6) is 5.75 Å². The van der Waals surface area contributed by atoms with E-state index in [0.717, 1.165) is 23.2 Å². The fourth-order valence-electron chi connectivity index (χ4n) is 2.64. The molecule has 3 N–H and O–H groups in total. The molecule has 108 valence electrons. The van der Waals surface area contributed by atoms with Gasteiger partial charge in [-0.05, 0) is 57.7 Å². The molecule has 0 radical (unpaired) electrons. The van der Waals surface area contributed by atoms with Crippen LogP contribution in [0.1, 0.15) is 21.5 Å². The Morgan fingerprint density at radius 1 is 1.29 bits per heavy atom. The highest BCUT2D eigenvalue weighted by Gasteiger charge is 2.23. The average molecular weight is 347 g/mol. The first-order chi connectivity index (χ1) is 10.1. The van der Waals surface area contributed by atoms with E-state index in [9.17, 15) is 9.90 Å². The van der Waals surface area contributed by atoms with E-state index in [-0.39, 0.29) is 11.7 Å². The molecule has 0 saturated heterocycles. The van der Waals surface area contributed by atoms with Crippen LogP contribution in [0.2, 0.25) is 0 Å². The number of anilines is 1. The van der Waals surface area contributed by atoms with Gasteiger partial charge in [0.25, 0.3) is 5.91 Å². The van der Waals surface area contributed by atoms with Crippen molar-refractivity contribution in [3.63, 3.8) is 0 Å². The van der Waals surface area contributed by atoms with Crippen molar-refractivity contribution < 1.29 is 9.90 Å². The highest BCUT2D eigenvalue weighted by molar-refractivity contribution is 9.10. The second kappa shape index (κ2) is 5.41. The minimum atomic E-state index is -0.0779. The number of hydrogen-bond donors (Lipinski definition) is 2. The second-order valence-corrected chi connectivity index (χ2v) is 5.98. The Bertz CT molecular complexity index is 715. The Balaban J connectivity index is 1.85. The van der Waals surface area contributed by atoms with Crippen LogP contribution in [0.15, 0.2) is 40.9 Å². The number of nitrogen functional groups attached to an aromatic ring is 1. The highest BCUT2D eigenvalue weighted by Crippen LogP contribution is 2.28. The molecule has 0 atom stereocenters. The summed E-state index contributed by atoms with van der Waals surface area (Å²) < 4.78 is 0.579. The molecule has 0 fully saturated rings. The Morgan fingerprint density at radius 2 is 2.10 bits per heavy atom. The Morgan fingerprint density at radius 3 is 2.86 bits per heavy atom. The van der Waals surface area contributed by atoms with Crippen molar-refractivity contribution in [2.75, 3.05) is 12.3 Å². The number of nitrogens with zero attached hydrogens (tertiary/aromatic N) is 1. The van der Waals surface area contributed by atoms with E-state index in [0.29, 0.717) is 23.1 Å². The Hall–Kier alpha value is -2.01. The number of phenols is 1. The van der Waals surface area contributed by atoms with E-state index in [1.54, 1.807) is 17.0 Å². The summed E-state index contributed by atoms with van der Waals surface area (Å²) >= 11 is 3.22. The van der Waals surface area contributed by atoms with Gasteiger partial charge >= 0.3 is 0 Å². The van der Waals surface area contributed by atoms with Gasteiger partial charge in [-0.1, -0.05) is 12.1 Å². The molecule has 0 saturated carbocycles. The first-order valence-electron chi connectivity index (χ1n) is 6.70. The third-order valence-corrected chi connectivity index (χ3v) is 4.45. The lowest BCUT2D eigenvalue weighted by atomic mass is 9.97. The summed E-state index contributed by atoms with van der Waals surface area (Å²) in [6.45, 7) is 1.19. The maximum absolute atomic E-state index is 12.5. The molecule has 2 aromatic rings. The molecular weight excluding hydrogens is 332 g/mol. The van der Waals surface area contributed by atoms with Gasteiger partial charge < -0.3 is 15.7 Å². The smallest absolute Gasteiger partial charge is 0.254 e. The van der Waals surface area contributed by atoms with Gasteiger partial charge in [0.2, 0.25) is 0 Å². The summed E-state index contributed by atoms with van der Waals surface area (Å²) in [6, 6.07) is 10.7. The van der Waals surface area contributed by atoms with E-state index < -0.39 is 0 Å². The van der Waals surface area contributed by atoms with Crippen molar-refractivity contribution in [1.29, 1.82) is 0 Å². The molecule has 0 bridgehead atoms. The molecule has 21 heavy (non-hydrogen) atoms. The molecule has 5 heteroatoms. The van der Waals surface area contributed by atoms with Crippen molar-refractivity contribution in [3.8, 4) is 5.75 Å². The van der Waals surface area contributed by atoms with Crippen LogP contribution in [0.4, 0.5) is 5.69 Å². The van der Waals surface area contributed by atoms with Crippen molar-refractivity contribution in [1.82, 2.24) is 4.90 Å². The van der Waals surface area contributed by atoms with E-state index in [1.807, 2.05) is 18.2 Å². The minimum absolute atomic E-state index is 0.0718. The lowest BCUT2D eigenvalue weighted by molar-refractivity contribution is 0.0734. The number of hydrogen-bond acceptors (Lipinski definition) is 3. The van der Waals surface area contributed by atoms with E-state index in [1.165, 1.54) is 6.07 Å². The Labute approximate surface area is 131 Å². The molecule has 1 heterocycles. The van der Waals surface area contributed by atoms with Crippen molar-refractivity contribution in [2.24, 2.45) is 0 Å². The molecule has 0 aromatic heterocycles. The number of halogens is 1. The SMILES string of the molecule is Nc1cccc2c1CCN(C(=O)c1ccc(Br)c(O)c1)C2. The van der Waals surface area contributed by atoms with Gasteiger partial charge in [-0.2, -0.15) is 0 Å². The monoisotopic (exact) mass is 346 g/mol. The number of benzene rings is 2. The van der Waals surface area contributed by atoms with Crippen LogP contribution in [0.25, 0.3) is 0 Å². The molecule has 3 rings (SSSR count). The first kappa shape index (κ1) is 13.9. The second-order valence-electron chi connectivity index (χ2n) is 5.13. The highest BCUT2D eigenvalue weighted by atomic mass is 79.9. The van der Waals surface area contributed by atoms with Crippen LogP contribution in [0.3, 0.4) is 0 Å². The van der Waals surface area contributed by atoms with Crippen LogP contribution in [-0.2, 0) is 13.0 Å². The quantitative estimate of drug-likeness (QED) is 0.780. The number of nitrogens with two attached hydrogens (primary N) is 1. The molecule has 2 aromatic carbocycles. The van der Waals surface area contributed by atoms with Gasteiger partial charge in [-0.15, -0.1) is 0 Å². The summed E-state index contributed by atoms with van der Waals surface area (Å²) in [7, 11) is 0. The van der Waals surface area contributed by atoms with Crippen LogP contribution < -0.4 is 5.73 Å².